The molecule has 0 heterocycles. The Morgan fingerprint density at radius 1 is 1.33 bits per heavy atom. The van der Waals surface area contributed by atoms with Crippen molar-refractivity contribution in [2.45, 2.75) is 11.7 Å². The van der Waals surface area contributed by atoms with Crippen molar-refractivity contribution < 1.29 is 0 Å². The second-order valence-electron chi connectivity index (χ2n) is 2.45. The third-order valence-electron chi connectivity index (χ3n) is 1.49. The molecule has 0 aliphatic carbocycles. The Balaban J connectivity index is 2.29. The molecular formula is C9H12N2Se. The standard InChI is InChI=1S/C9H12N2Se/c10-9(11)12-7-6-8-4-2-1-3-5-8/h1-5H,6-7H2,(H3,10,11). The van der Waals surface area contributed by atoms with Gasteiger partial charge < -0.3 is 0 Å². The van der Waals surface area contributed by atoms with Crippen LogP contribution < -0.4 is 5.73 Å². The van der Waals surface area contributed by atoms with E-state index in [2.05, 4.69) is 12.1 Å². The van der Waals surface area contributed by atoms with Crippen molar-refractivity contribution in [1.82, 2.24) is 0 Å². The normalized spacial score (nSPS) is 9.67. The van der Waals surface area contributed by atoms with Crippen LogP contribution >= 0.6 is 0 Å². The monoisotopic (exact) mass is 228 g/mol. The van der Waals surface area contributed by atoms with Gasteiger partial charge in [0.25, 0.3) is 0 Å². The van der Waals surface area contributed by atoms with E-state index in [4.69, 9.17) is 11.1 Å². The molecule has 0 radical (unpaired) electrons. The maximum atomic E-state index is 7.07. The molecule has 0 amide bonds. The first-order valence-corrected chi connectivity index (χ1v) is 5.86. The third kappa shape index (κ3) is 3.56. The van der Waals surface area contributed by atoms with Crippen LogP contribution in [0, 0.1) is 5.41 Å². The number of amidine groups is 1. The molecular weight excluding hydrogens is 215 g/mol. The minimum atomic E-state index is 0.190. The molecule has 0 unspecified atom stereocenters. The molecule has 1 rings (SSSR count). The van der Waals surface area contributed by atoms with Crippen molar-refractivity contribution in [2.75, 3.05) is 0 Å². The summed E-state index contributed by atoms with van der Waals surface area (Å²) < 4.78 is 0.346. The zero-order valence-corrected chi connectivity index (χ0v) is 8.50. The van der Waals surface area contributed by atoms with Gasteiger partial charge in [-0.1, -0.05) is 0 Å². The SMILES string of the molecule is N=C(N)[Se]CCc1ccccc1. The van der Waals surface area contributed by atoms with E-state index in [0.29, 0.717) is 4.73 Å². The summed E-state index contributed by atoms with van der Waals surface area (Å²) >= 11 is 0.190. The third-order valence-corrected chi connectivity index (χ3v) is 3.00. The van der Waals surface area contributed by atoms with Gasteiger partial charge in [0.15, 0.2) is 0 Å². The predicted octanol–water partition coefficient (Wildman–Crippen LogP) is 1.25. The van der Waals surface area contributed by atoms with Crippen LogP contribution in [0.25, 0.3) is 0 Å². The van der Waals surface area contributed by atoms with Gasteiger partial charge in [-0.15, -0.1) is 0 Å². The maximum absolute atomic E-state index is 7.07. The first-order valence-electron chi connectivity index (χ1n) is 3.80. The van der Waals surface area contributed by atoms with E-state index >= 15 is 0 Å². The van der Waals surface area contributed by atoms with Crippen molar-refractivity contribution in [1.29, 1.82) is 5.41 Å². The summed E-state index contributed by atoms with van der Waals surface area (Å²) in [6, 6.07) is 10.3. The molecule has 3 N–H and O–H groups in total. The molecule has 2 nitrogen and oxygen atoms in total. The topological polar surface area (TPSA) is 49.9 Å². The van der Waals surface area contributed by atoms with Gasteiger partial charge in [0, 0.05) is 0 Å². The number of hydrogen-bond acceptors (Lipinski definition) is 1. The van der Waals surface area contributed by atoms with E-state index in [1.165, 1.54) is 5.56 Å². The molecule has 3 heteroatoms. The molecule has 0 aliphatic heterocycles. The second kappa shape index (κ2) is 4.96. The van der Waals surface area contributed by atoms with Crippen LogP contribution in [0.15, 0.2) is 30.3 Å². The van der Waals surface area contributed by atoms with E-state index in [1.807, 2.05) is 18.2 Å². The number of hydrogen-bond donors (Lipinski definition) is 2. The summed E-state index contributed by atoms with van der Waals surface area (Å²) in [4.78, 5) is 0. The van der Waals surface area contributed by atoms with E-state index < -0.39 is 0 Å². The van der Waals surface area contributed by atoms with Crippen molar-refractivity contribution in [2.24, 2.45) is 5.73 Å². The Hall–Kier alpha value is -0.791. The Bertz CT molecular complexity index is 246. The molecule has 1 aromatic rings. The quantitative estimate of drug-likeness (QED) is 0.454. The van der Waals surface area contributed by atoms with Gasteiger partial charge in [-0.05, 0) is 0 Å². The predicted molar refractivity (Wildman–Crippen MR) is 52.6 cm³/mol. The Labute approximate surface area is 78.8 Å². The van der Waals surface area contributed by atoms with Gasteiger partial charge in [0.2, 0.25) is 0 Å². The molecule has 0 atom stereocenters. The fourth-order valence-electron chi connectivity index (χ4n) is 0.924. The van der Waals surface area contributed by atoms with Crippen molar-refractivity contribution in [3.63, 3.8) is 0 Å². The van der Waals surface area contributed by atoms with E-state index in [-0.39, 0.29) is 15.0 Å². The molecule has 0 fully saturated rings. The molecule has 0 bridgehead atoms. The van der Waals surface area contributed by atoms with Gasteiger partial charge in [-0.25, -0.2) is 0 Å². The number of benzene rings is 1. The molecule has 0 saturated heterocycles. The van der Waals surface area contributed by atoms with Gasteiger partial charge in [-0.3, -0.25) is 0 Å². The molecule has 0 spiro atoms. The van der Waals surface area contributed by atoms with Gasteiger partial charge in [0.05, 0.1) is 0 Å². The molecule has 0 aromatic heterocycles. The first kappa shape index (κ1) is 9.30. The summed E-state index contributed by atoms with van der Waals surface area (Å²) in [7, 11) is 0. The van der Waals surface area contributed by atoms with Crippen molar-refractivity contribution in [3.8, 4) is 0 Å². The van der Waals surface area contributed by atoms with Gasteiger partial charge >= 0.3 is 78.5 Å². The van der Waals surface area contributed by atoms with Crippen LogP contribution in [0.5, 0.6) is 0 Å². The number of nitrogens with two attached hydrogens (primary N) is 1. The number of aryl methyl sites for hydroxylation is 1. The fourth-order valence-corrected chi connectivity index (χ4v) is 2.09. The van der Waals surface area contributed by atoms with Crippen LogP contribution in [0.1, 0.15) is 5.56 Å². The average molecular weight is 227 g/mol. The summed E-state index contributed by atoms with van der Waals surface area (Å²) in [6.07, 6.45) is 1.04. The van der Waals surface area contributed by atoms with Crippen LogP contribution in [-0.2, 0) is 6.42 Å². The van der Waals surface area contributed by atoms with E-state index in [0.717, 1.165) is 11.7 Å². The molecule has 0 aliphatic rings. The van der Waals surface area contributed by atoms with Gasteiger partial charge in [-0.2, -0.15) is 0 Å². The minimum absolute atomic E-state index is 0.190. The van der Waals surface area contributed by atoms with Gasteiger partial charge in [0.1, 0.15) is 0 Å². The Kier molecular flexibility index (Phi) is 3.85. The Morgan fingerprint density at radius 2 is 2.00 bits per heavy atom. The summed E-state index contributed by atoms with van der Waals surface area (Å²) in [6.45, 7) is 0. The summed E-state index contributed by atoms with van der Waals surface area (Å²) in [5.41, 5.74) is 6.60. The average Bonchev–Trinajstić information content (AvgIpc) is 2.05. The van der Waals surface area contributed by atoms with Crippen LogP contribution in [0.4, 0.5) is 0 Å². The zero-order valence-electron chi connectivity index (χ0n) is 6.79. The molecule has 12 heavy (non-hydrogen) atoms. The van der Waals surface area contributed by atoms with Crippen LogP contribution in [0.3, 0.4) is 0 Å². The van der Waals surface area contributed by atoms with E-state index in [9.17, 15) is 0 Å². The molecule has 1 aromatic carbocycles. The molecule has 0 saturated carbocycles. The van der Waals surface area contributed by atoms with E-state index in [1.54, 1.807) is 0 Å². The summed E-state index contributed by atoms with van der Waals surface area (Å²) in [5.74, 6) is 0. The fraction of sp³-hybridized carbons (Fsp3) is 0.222. The van der Waals surface area contributed by atoms with Crippen molar-refractivity contribution in [3.05, 3.63) is 35.9 Å². The summed E-state index contributed by atoms with van der Waals surface area (Å²) in [5, 5.41) is 8.10. The van der Waals surface area contributed by atoms with Crippen LogP contribution in [0.2, 0.25) is 5.32 Å². The zero-order chi connectivity index (χ0) is 8.81. The number of rotatable bonds is 4. The van der Waals surface area contributed by atoms with Crippen molar-refractivity contribution >= 4 is 19.7 Å². The second-order valence-corrected chi connectivity index (χ2v) is 4.83. The first-order chi connectivity index (χ1) is 5.79. The van der Waals surface area contributed by atoms with Crippen LogP contribution in [-0.4, -0.2) is 19.7 Å². The Morgan fingerprint density at radius 3 is 2.58 bits per heavy atom. The number of nitrogens with one attached hydrogen (secondary N) is 1. The molecule has 64 valence electrons.